The fourth-order valence-corrected chi connectivity index (χ4v) is 3.41. The molecular formula is C18H15OP. The Bertz CT molecular complexity index is 707. The Kier molecular flexibility index (Phi) is 3.80. The van der Waals surface area contributed by atoms with Crippen molar-refractivity contribution in [2.75, 3.05) is 0 Å². The second-order valence-corrected chi connectivity index (χ2v) is 5.88. The van der Waals surface area contributed by atoms with Crippen molar-refractivity contribution in [3.8, 4) is 16.9 Å². The number of para-hydroxylation sites is 1. The molecule has 0 radical (unpaired) electrons. The average molecular weight is 278 g/mol. The molecule has 0 aliphatic heterocycles. The van der Waals surface area contributed by atoms with Gasteiger partial charge in [-0.2, -0.15) is 0 Å². The Balaban J connectivity index is 2.01. The van der Waals surface area contributed by atoms with E-state index in [1.165, 1.54) is 16.4 Å². The molecule has 3 aromatic rings. The van der Waals surface area contributed by atoms with Gasteiger partial charge in [-0.3, -0.25) is 0 Å². The highest BCUT2D eigenvalue weighted by Gasteiger charge is 2.07. The maximum atomic E-state index is 9.94. The van der Waals surface area contributed by atoms with E-state index < -0.39 is 0 Å². The van der Waals surface area contributed by atoms with Crippen molar-refractivity contribution in [2.24, 2.45) is 0 Å². The van der Waals surface area contributed by atoms with E-state index in [2.05, 4.69) is 48.5 Å². The molecule has 0 aliphatic carbocycles. The molecule has 0 fully saturated rings. The van der Waals surface area contributed by atoms with Crippen molar-refractivity contribution in [1.29, 1.82) is 0 Å². The van der Waals surface area contributed by atoms with Crippen LogP contribution >= 0.6 is 8.58 Å². The summed E-state index contributed by atoms with van der Waals surface area (Å²) in [5, 5.41) is 12.2. The Labute approximate surface area is 120 Å². The number of aromatic hydroxyl groups is 1. The lowest BCUT2D eigenvalue weighted by Gasteiger charge is -2.10. The van der Waals surface area contributed by atoms with Crippen LogP contribution < -0.4 is 10.6 Å². The number of phenols is 1. The predicted octanol–water partition coefficient (Wildman–Crippen LogP) is 3.69. The first-order chi connectivity index (χ1) is 9.84. The molecule has 2 heteroatoms. The summed E-state index contributed by atoms with van der Waals surface area (Å²) in [7, 11) is 0.450. The molecule has 0 heterocycles. The van der Waals surface area contributed by atoms with Crippen LogP contribution in [0.15, 0.2) is 78.9 Å². The zero-order valence-corrected chi connectivity index (χ0v) is 12.0. The quantitative estimate of drug-likeness (QED) is 0.724. The van der Waals surface area contributed by atoms with Crippen LogP contribution in [0.5, 0.6) is 5.75 Å². The molecule has 1 N–H and O–H groups in total. The molecule has 1 nitrogen and oxygen atoms in total. The first-order valence-electron chi connectivity index (χ1n) is 6.54. The molecule has 0 aliphatic rings. The number of hydrogen-bond acceptors (Lipinski definition) is 1. The first kappa shape index (κ1) is 12.9. The zero-order chi connectivity index (χ0) is 13.8. The third kappa shape index (κ3) is 2.74. The molecule has 0 saturated heterocycles. The number of phenolic OH excluding ortho intramolecular Hbond substituents is 1. The fraction of sp³-hybridized carbons (Fsp3) is 0. The summed E-state index contributed by atoms with van der Waals surface area (Å²) in [5.41, 5.74) is 2.45. The van der Waals surface area contributed by atoms with Gasteiger partial charge in [-0.05, 0) is 22.5 Å². The van der Waals surface area contributed by atoms with E-state index in [9.17, 15) is 5.11 Å². The summed E-state index contributed by atoms with van der Waals surface area (Å²) in [4.78, 5) is 0. The minimum atomic E-state index is 0.369. The molecule has 3 rings (SSSR count). The summed E-state index contributed by atoms with van der Waals surface area (Å²) < 4.78 is 0. The molecular weight excluding hydrogens is 263 g/mol. The van der Waals surface area contributed by atoms with Gasteiger partial charge < -0.3 is 5.11 Å². The fourth-order valence-electron chi connectivity index (χ4n) is 2.19. The minimum absolute atomic E-state index is 0.369. The van der Waals surface area contributed by atoms with Crippen LogP contribution in [0.25, 0.3) is 11.1 Å². The second kappa shape index (κ2) is 5.90. The lowest BCUT2D eigenvalue weighted by atomic mass is 10.1. The maximum absolute atomic E-state index is 9.94. The van der Waals surface area contributed by atoms with Gasteiger partial charge in [0.2, 0.25) is 0 Å². The summed E-state index contributed by atoms with van der Waals surface area (Å²) in [6.07, 6.45) is 0. The number of rotatable bonds is 3. The standard InChI is InChI=1S/C18H15OP/c19-16-11-5-7-13-18(16)20-17-12-6-4-10-15(17)14-8-2-1-3-9-14/h1-13,19-20H. The second-order valence-electron chi connectivity index (χ2n) is 4.55. The van der Waals surface area contributed by atoms with Crippen molar-refractivity contribution in [2.45, 2.75) is 0 Å². The molecule has 20 heavy (non-hydrogen) atoms. The van der Waals surface area contributed by atoms with Gasteiger partial charge in [0.25, 0.3) is 0 Å². The van der Waals surface area contributed by atoms with E-state index in [1.54, 1.807) is 6.07 Å². The lowest BCUT2D eigenvalue weighted by molar-refractivity contribution is 0.480. The van der Waals surface area contributed by atoms with Crippen LogP contribution in [0, 0.1) is 0 Å². The van der Waals surface area contributed by atoms with Crippen LogP contribution in [0.3, 0.4) is 0 Å². The Morgan fingerprint density at radius 2 is 1.20 bits per heavy atom. The topological polar surface area (TPSA) is 20.2 Å². The SMILES string of the molecule is Oc1ccccc1Pc1ccccc1-c1ccccc1. The Morgan fingerprint density at radius 1 is 0.600 bits per heavy atom. The third-order valence-electron chi connectivity index (χ3n) is 3.19. The highest BCUT2D eigenvalue weighted by Crippen LogP contribution is 2.25. The highest BCUT2D eigenvalue weighted by molar-refractivity contribution is 7.56. The van der Waals surface area contributed by atoms with Crippen LogP contribution in [-0.2, 0) is 0 Å². The average Bonchev–Trinajstić information content (AvgIpc) is 2.51. The van der Waals surface area contributed by atoms with Gasteiger partial charge in [0, 0.05) is 5.30 Å². The largest absolute Gasteiger partial charge is 0.507 e. The maximum Gasteiger partial charge on any atom is 0.123 e. The molecule has 98 valence electrons. The van der Waals surface area contributed by atoms with E-state index in [4.69, 9.17) is 0 Å². The normalized spacial score (nSPS) is 11.0. The van der Waals surface area contributed by atoms with Crippen LogP contribution in [-0.4, -0.2) is 5.11 Å². The van der Waals surface area contributed by atoms with E-state index in [0.717, 1.165) is 5.30 Å². The zero-order valence-electron chi connectivity index (χ0n) is 11.0. The smallest absolute Gasteiger partial charge is 0.123 e. The van der Waals surface area contributed by atoms with Crippen molar-refractivity contribution in [3.63, 3.8) is 0 Å². The van der Waals surface area contributed by atoms with Gasteiger partial charge >= 0.3 is 0 Å². The number of hydrogen-bond donors (Lipinski definition) is 1. The summed E-state index contributed by atoms with van der Waals surface area (Å²) in [6.45, 7) is 0. The summed E-state index contributed by atoms with van der Waals surface area (Å²) in [5.74, 6) is 0.369. The van der Waals surface area contributed by atoms with Crippen molar-refractivity contribution < 1.29 is 5.11 Å². The molecule has 0 spiro atoms. The van der Waals surface area contributed by atoms with Gasteiger partial charge in [-0.25, -0.2) is 0 Å². The molecule has 1 atom stereocenters. The van der Waals surface area contributed by atoms with E-state index in [1.807, 2.05) is 24.3 Å². The van der Waals surface area contributed by atoms with Crippen LogP contribution in [0.2, 0.25) is 0 Å². The van der Waals surface area contributed by atoms with Crippen LogP contribution in [0.1, 0.15) is 0 Å². The van der Waals surface area contributed by atoms with E-state index in [0.29, 0.717) is 14.3 Å². The predicted molar refractivity (Wildman–Crippen MR) is 87.6 cm³/mol. The molecule has 0 amide bonds. The monoisotopic (exact) mass is 278 g/mol. The Morgan fingerprint density at radius 3 is 1.95 bits per heavy atom. The molecule has 0 saturated carbocycles. The van der Waals surface area contributed by atoms with Crippen molar-refractivity contribution >= 4 is 19.2 Å². The van der Waals surface area contributed by atoms with Gasteiger partial charge in [0.15, 0.2) is 0 Å². The van der Waals surface area contributed by atoms with Crippen molar-refractivity contribution in [3.05, 3.63) is 78.9 Å². The molecule has 3 aromatic carbocycles. The van der Waals surface area contributed by atoms with Crippen LogP contribution in [0.4, 0.5) is 0 Å². The van der Waals surface area contributed by atoms with Crippen molar-refractivity contribution in [1.82, 2.24) is 0 Å². The van der Waals surface area contributed by atoms with Gasteiger partial charge in [0.1, 0.15) is 5.75 Å². The van der Waals surface area contributed by atoms with Gasteiger partial charge in [-0.1, -0.05) is 81.4 Å². The minimum Gasteiger partial charge on any atom is -0.507 e. The van der Waals surface area contributed by atoms with Gasteiger partial charge in [-0.15, -0.1) is 0 Å². The van der Waals surface area contributed by atoms with E-state index >= 15 is 0 Å². The summed E-state index contributed by atoms with van der Waals surface area (Å²) in [6, 6.07) is 26.3. The Hall–Kier alpha value is -2.11. The molecule has 0 aromatic heterocycles. The first-order valence-corrected chi connectivity index (χ1v) is 7.54. The molecule has 0 bridgehead atoms. The summed E-state index contributed by atoms with van der Waals surface area (Å²) >= 11 is 0. The van der Waals surface area contributed by atoms with Gasteiger partial charge in [0.05, 0.1) is 0 Å². The van der Waals surface area contributed by atoms with E-state index in [-0.39, 0.29) is 0 Å². The third-order valence-corrected chi connectivity index (χ3v) is 4.58. The number of benzene rings is 3. The highest BCUT2D eigenvalue weighted by atomic mass is 31.1. The molecule has 1 unspecified atom stereocenters. The lowest BCUT2D eigenvalue weighted by Crippen LogP contribution is -2.06.